The number of carbonyl (C=O) groups excluding carboxylic acids is 1. The molecule has 0 saturated carbocycles. The number of hydrogen-bond donors (Lipinski definition) is 2. The van der Waals surface area contributed by atoms with Crippen molar-refractivity contribution in [1.82, 2.24) is 9.88 Å². The Bertz CT molecular complexity index is 462. The van der Waals surface area contributed by atoms with E-state index >= 15 is 0 Å². The summed E-state index contributed by atoms with van der Waals surface area (Å²) in [5.74, 6) is 6.55. The fourth-order valence-electron chi connectivity index (χ4n) is 2.21. The summed E-state index contributed by atoms with van der Waals surface area (Å²) in [6.07, 6.45) is 2.89. The van der Waals surface area contributed by atoms with Gasteiger partial charge in [-0.25, -0.2) is 10.8 Å². The summed E-state index contributed by atoms with van der Waals surface area (Å²) < 4.78 is 0. The van der Waals surface area contributed by atoms with E-state index in [2.05, 4.69) is 31.2 Å². The van der Waals surface area contributed by atoms with Crippen LogP contribution in [0.1, 0.15) is 56.6 Å². The van der Waals surface area contributed by atoms with Crippen LogP contribution in [-0.4, -0.2) is 28.9 Å². The normalized spacial score (nSPS) is 12.0. The van der Waals surface area contributed by atoms with E-state index in [-0.39, 0.29) is 5.91 Å². The van der Waals surface area contributed by atoms with Gasteiger partial charge in [0.15, 0.2) is 0 Å². The van der Waals surface area contributed by atoms with Crippen LogP contribution in [0.4, 0.5) is 5.82 Å². The standard InChI is InChI=1S/C16H28N4O/c1-5-8-14-9-13(10-15(18-14)19-17)16(21)20(7-3)11-12(4)6-2/h9-10,12H,5-8,11,17H2,1-4H3,(H,18,19). The highest BCUT2D eigenvalue weighted by Gasteiger charge is 2.17. The quantitative estimate of drug-likeness (QED) is 0.571. The van der Waals surface area contributed by atoms with Crippen molar-refractivity contribution in [2.24, 2.45) is 11.8 Å². The highest BCUT2D eigenvalue weighted by molar-refractivity contribution is 5.95. The Balaban J connectivity index is 3.00. The first-order valence-corrected chi connectivity index (χ1v) is 7.82. The third-order valence-electron chi connectivity index (χ3n) is 3.68. The molecular formula is C16H28N4O. The first-order chi connectivity index (χ1) is 10.0. The Morgan fingerprint density at radius 2 is 2.10 bits per heavy atom. The predicted molar refractivity (Wildman–Crippen MR) is 87.1 cm³/mol. The molecule has 1 amide bonds. The summed E-state index contributed by atoms with van der Waals surface area (Å²) in [5, 5.41) is 0. The fourth-order valence-corrected chi connectivity index (χ4v) is 2.21. The molecule has 0 radical (unpaired) electrons. The molecule has 1 atom stereocenters. The number of aryl methyl sites for hydroxylation is 1. The molecule has 0 fully saturated rings. The number of nitrogen functional groups attached to an aromatic ring is 1. The summed E-state index contributed by atoms with van der Waals surface area (Å²) >= 11 is 0. The van der Waals surface area contributed by atoms with Crippen LogP contribution in [0, 0.1) is 5.92 Å². The van der Waals surface area contributed by atoms with E-state index in [1.807, 2.05) is 17.9 Å². The third kappa shape index (κ3) is 5.01. The number of aromatic nitrogens is 1. The molecule has 1 aromatic heterocycles. The van der Waals surface area contributed by atoms with Crippen LogP contribution in [0.5, 0.6) is 0 Å². The van der Waals surface area contributed by atoms with E-state index in [9.17, 15) is 4.79 Å². The minimum atomic E-state index is 0.0500. The summed E-state index contributed by atoms with van der Waals surface area (Å²) in [5.41, 5.74) is 4.11. The fraction of sp³-hybridized carbons (Fsp3) is 0.625. The minimum Gasteiger partial charge on any atom is -0.339 e. The number of amides is 1. The number of rotatable bonds is 8. The maximum absolute atomic E-state index is 12.7. The zero-order chi connectivity index (χ0) is 15.8. The molecule has 5 heteroatoms. The van der Waals surface area contributed by atoms with E-state index in [4.69, 9.17) is 5.84 Å². The number of anilines is 1. The zero-order valence-electron chi connectivity index (χ0n) is 13.6. The first-order valence-electron chi connectivity index (χ1n) is 7.82. The minimum absolute atomic E-state index is 0.0500. The molecule has 0 saturated heterocycles. The van der Waals surface area contributed by atoms with Crippen molar-refractivity contribution < 1.29 is 4.79 Å². The molecule has 0 aliphatic rings. The second kappa shape index (κ2) is 8.62. The van der Waals surface area contributed by atoms with Crippen molar-refractivity contribution in [2.75, 3.05) is 18.5 Å². The summed E-state index contributed by atoms with van der Waals surface area (Å²) in [6.45, 7) is 9.90. The lowest BCUT2D eigenvalue weighted by Gasteiger charge is -2.24. The van der Waals surface area contributed by atoms with Gasteiger partial charge in [0.1, 0.15) is 5.82 Å². The lowest BCUT2D eigenvalue weighted by molar-refractivity contribution is 0.0740. The molecule has 3 N–H and O–H groups in total. The molecule has 0 spiro atoms. The van der Waals surface area contributed by atoms with Gasteiger partial charge >= 0.3 is 0 Å². The van der Waals surface area contributed by atoms with Crippen molar-refractivity contribution in [3.05, 3.63) is 23.4 Å². The molecule has 0 aliphatic heterocycles. The van der Waals surface area contributed by atoms with Crippen molar-refractivity contribution in [3.8, 4) is 0 Å². The molecule has 1 unspecified atom stereocenters. The van der Waals surface area contributed by atoms with Gasteiger partial charge in [-0.2, -0.15) is 0 Å². The average molecular weight is 292 g/mol. The first kappa shape index (κ1) is 17.4. The summed E-state index contributed by atoms with van der Waals surface area (Å²) in [7, 11) is 0. The number of hydrazine groups is 1. The number of nitrogens with one attached hydrogen (secondary N) is 1. The molecule has 0 aromatic carbocycles. The van der Waals surface area contributed by atoms with Crippen LogP contribution < -0.4 is 11.3 Å². The molecule has 1 rings (SSSR count). The average Bonchev–Trinajstić information content (AvgIpc) is 2.51. The maximum Gasteiger partial charge on any atom is 0.254 e. The van der Waals surface area contributed by atoms with Gasteiger partial charge in [0, 0.05) is 24.3 Å². The molecule has 118 valence electrons. The van der Waals surface area contributed by atoms with Gasteiger partial charge in [-0.3, -0.25) is 4.79 Å². The van der Waals surface area contributed by atoms with Gasteiger partial charge in [0.2, 0.25) is 0 Å². The molecule has 21 heavy (non-hydrogen) atoms. The predicted octanol–water partition coefficient (Wildman–Crippen LogP) is 2.83. The number of carbonyl (C=O) groups is 1. The highest BCUT2D eigenvalue weighted by atomic mass is 16.2. The van der Waals surface area contributed by atoms with Gasteiger partial charge in [-0.1, -0.05) is 33.6 Å². The number of nitrogens with two attached hydrogens (primary N) is 1. The number of pyridine rings is 1. The zero-order valence-corrected chi connectivity index (χ0v) is 13.6. The summed E-state index contributed by atoms with van der Waals surface area (Å²) in [4.78, 5) is 18.9. The van der Waals surface area contributed by atoms with E-state index in [1.54, 1.807) is 6.07 Å². The lowest BCUT2D eigenvalue weighted by Crippen LogP contribution is -2.34. The smallest absolute Gasteiger partial charge is 0.254 e. The van der Waals surface area contributed by atoms with Gasteiger partial charge in [0.25, 0.3) is 5.91 Å². The lowest BCUT2D eigenvalue weighted by atomic mass is 10.1. The van der Waals surface area contributed by atoms with Gasteiger partial charge in [-0.15, -0.1) is 0 Å². The molecule has 1 heterocycles. The van der Waals surface area contributed by atoms with Crippen LogP contribution in [0.3, 0.4) is 0 Å². The largest absolute Gasteiger partial charge is 0.339 e. The monoisotopic (exact) mass is 292 g/mol. The Kier molecular flexibility index (Phi) is 7.15. The van der Waals surface area contributed by atoms with Gasteiger partial charge in [-0.05, 0) is 31.4 Å². The van der Waals surface area contributed by atoms with E-state index < -0.39 is 0 Å². The van der Waals surface area contributed by atoms with Crippen LogP contribution >= 0.6 is 0 Å². The van der Waals surface area contributed by atoms with Crippen LogP contribution in [0.2, 0.25) is 0 Å². The SMILES string of the molecule is CCCc1cc(C(=O)N(CC)CC(C)CC)cc(NN)n1. The number of nitrogens with zero attached hydrogens (tertiary/aromatic N) is 2. The molecular weight excluding hydrogens is 264 g/mol. The van der Waals surface area contributed by atoms with Crippen molar-refractivity contribution in [2.45, 2.75) is 47.0 Å². The van der Waals surface area contributed by atoms with E-state index in [0.29, 0.717) is 23.8 Å². The van der Waals surface area contributed by atoms with Gasteiger partial charge < -0.3 is 10.3 Å². The second-order valence-corrected chi connectivity index (χ2v) is 5.48. The number of hydrogen-bond acceptors (Lipinski definition) is 4. The van der Waals surface area contributed by atoms with Crippen LogP contribution in [0.25, 0.3) is 0 Å². The molecule has 1 aromatic rings. The molecule has 5 nitrogen and oxygen atoms in total. The molecule has 0 aliphatic carbocycles. The van der Waals surface area contributed by atoms with Crippen LogP contribution in [0.15, 0.2) is 12.1 Å². The van der Waals surface area contributed by atoms with Crippen LogP contribution in [-0.2, 0) is 6.42 Å². The Hall–Kier alpha value is -1.62. The van der Waals surface area contributed by atoms with Crippen molar-refractivity contribution >= 4 is 11.7 Å². The highest BCUT2D eigenvalue weighted by Crippen LogP contribution is 2.15. The second-order valence-electron chi connectivity index (χ2n) is 5.48. The van der Waals surface area contributed by atoms with Gasteiger partial charge in [0.05, 0.1) is 0 Å². The summed E-state index contributed by atoms with van der Waals surface area (Å²) in [6, 6.07) is 3.60. The molecule has 0 bridgehead atoms. The Morgan fingerprint density at radius 1 is 1.38 bits per heavy atom. The third-order valence-corrected chi connectivity index (χ3v) is 3.68. The van der Waals surface area contributed by atoms with E-state index in [1.165, 1.54) is 0 Å². The Labute approximate surface area is 127 Å². The topological polar surface area (TPSA) is 71.2 Å². The Morgan fingerprint density at radius 3 is 2.62 bits per heavy atom. The van der Waals surface area contributed by atoms with Crippen molar-refractivity contribution in [1.29, 1.82) is 0 Å². The van der Waals surface area contributed by atoms with Crippen molar-refractivity contribution in [3.63, 3.8) is 0 Å². The maximum atomic E-state index is 12.7. The van der Waals surface area contributed by atoms with E-state index in [0.717, 1.165) is 31.5 Å².